The predicted octanol–water partition coefficient (Wildman–Crippen LogP) is 2.45. The van der Waals surface area contributed by atoms with Crippen LogP contribution in [0.1, 0.15) is 16.3 Å². The molecule has 0 fully saturated rings. The fourth-order valence-corrected chi connectivity index (χ4v) is 1.62. The Kier molecular flexibility index (Phi) is 4.30. The molecule has 0 aliphatic carbocycles. The molecule has 0 radical (unpaired) electrons. The number of aromatic carboxylic acids is 1. The number of carboxylic acid groups (broad SMARTS) is 1. The molecule has 0 aliphatic rings. The van der Waals surface area contributed by atoms with Gasteiger partial charge in [-0.3, -0.25) is 0 Å². The third kappa shape index (κ3) is 3.66. The molecule has 2 aromatic rings. The van der Waals surface area contributed by atoms with Crippen molar-refractivity contribution in [2.45, 2.75) is 6.42 Å². The van der Waals surface area contributed by atoms with E-state index < -0.39 is 5.97 Å². The van der Waals surface area contributed by atoms with Crippen LogP contribution in [0.15, 0.2) is 36.5 Å². The van der Waals surface area contributed by atoms with E-state index in [1.807, 2.05) is 30.3 Å². The van der Waals surface area contributed by atoms with E-state index in [1.54, 1.807) is 0 Å². The highest BCUT2D eigenvalue weighted by molar-refractivity contribution is 6.33. The predicted molar refractivity (Wildman–Crippen MR) is 69.6 cm³/mol. The monoisotopic (exact) mass is 278 g/mol. The van der Waals surface area contributed by atoms with Gasteiger partial charge in [-0.1, -0.05) is 29.8 Å². The Hall–Kier alpha value is -2.14. The first-order chi connectivity index (χ1) is 9.16. The molecular weight excluding hydrogens is 268 g/mol. The van der Waals surface area contributed by atoms with Crippen LogP contribution in [0.3, 0.4) is 0 Å². The Balaban J connectivity index is 1.97. The first-order valence-corrected chi connectivity index (χ1v) is 5.97. The minimum Gasteiger partial charge on any atom is -0.493 e. The van der Waals surface area contributed by atoms with Crippen LogP contribution in [0.2, 0.25) is 5.02 Å². The number of rotatable bonds is 5. The minimum absolute atomic E-state index is 0.0280. The van der Waals surface area contributed by atoms with Crippen molar-refractivity contribution in [3.63, 3.8) is 0 Å². The summed E-state index contributed by atoms with van der Waals surface area (Å²) in [6.07, 6.45) is 1.70. The summed E-state index contributed by atoms with van der Waals surface area (Å²) in [7, 11) is 0. The zero-order valence-electron chi connectivity index (χ0n) is 9.91. The van der Waals surface area contributed by atoms with E-state index >= 15 is 0 Å². The van der Waals surface area contributed by atoms with Gasteiger partial charge < -0.3 is 9.84 Å². The number of benzene rings is 1. The second-order valence-corrected chi connectivity index (χ2v) is 4.11. The highest BCUT2D eigenvalue weighted by Crippen LogP contribution is 2.13. The summed E-state index contributed by atoms with van der Waals surface area (Å²) >= 11 is 5.68. The van der Waals surface area contributed by atoms with E-state index in [0.29, 0.717) is 18.9 Å². The van der Waals surface area contributed by atoms with Crippen molar-refractivity contribution in [3.8, 4) is 5.75 Å². The first kappa shape index (κ1) is 13.3. The van der Waals surface area contributed by atoms with E-state index in [1.165, 1.54) is 6.20 Å². The lowest BCUT2D eigenvalue weighted by molar-refractivity contribution is 0.0690. The Bertz CT molecular complexity index is 575. The number of halogens is 1. The van der Waals surface area contributed by atoms with Gasteiger partial charge in [0.15, 0.2) is 5.69 Å². The van der Waals surface area contributed by atoms with Crippen molar-refractivity contribution in [1.82, 2.24) is 9.97 Å². The Morgan fingerprint density at radius 2 is 2.05 bits per heavy atom. The summed E-state index contributed by atoms with van der Waals surface area (Å²) in [4.78, 5) is 18.7. The van der Waals surface area contributed by atoms with Crippen LogP contribution >= 0.6 is 11.6 Å². The number of nitrogens with zero attached hydrogens (tertiary/aromatic N) is 2. The lowest BCUT2D eigenvalue weighted by atomic mass is 10.3. The normalized spacial score (nSPS) is 10.2. The molecule has 0 spiro atoms. The molecule has 0 amide bonds. The summed E-state index contributed by atoms with van der Waals surface area (Å²) in [5, 5.41) is 8.92. The molecule has 0 atom stereocenters. The van der Waals surface area contributed by atoms with Gasteiger partial charge in [0.25, 0.3) is 0 Å². The minimum atomic E-state index is -1.17. The van der Waals surface area contributed by atoms with Gasteiger partial charge in [-0.25, -0.2) is 14.8 Å². The van der Waals surface area contributed by atoms with Gasteiger partial charge in [0.1, 0.15) is 11.6 Å². The zero-order valence-corrected chi connectivity index (χ0v) is 10.7. The smallest absolute Gasteiger partial charge is 0.356 e. The molecule has 0 unspecified atom stereocenters. The van der Waals surface area contributed by atoms with Crippen LogP contribution in [0.4, 0.5) is 0 Å². The Labute approximate surface area is 114 Å². The van der Waals surface area contributed by atoms with Gasteiger partial charge in [0, 0.05) is 6.42 Å². The van der Waals surface area contributed by atoms with Gasteiger partial charge >= 0.3 is 5.97 Å². The molecule has 2 rings (SSSR count). The fraction of sp³-hybridized carbons (Fsp3) is 0.154. The summed E-state index contributed by atoms with van der Waals surface area (Å²) in [6, 6.07) is 9.32. The van der Waals surface area contributed by atoms with E-state index in [0.717, 1.165) is 5.75 Å². The molecule has 0 bridgehead atoms. The molecule has 0 saturated carbocycles. The second-order valence-electron chi connectivity index (χ2n) is 3.70. The molecule has 0 aliphatic heterocycles. The summed E-state index contributed by atoms with van der Waals surface area (Å²) < 4.78 is 5.48. The van der Waals surface area contributed by atoms with Crippen LogP contribution in [0.5, 0.6) is 5.75 Å². The average Bonchev–Trinajstić information content (AvgIpc) is 2.41. The van der Waals surface area contributed by atoms with Crippen molar-refractivity contribution in [1.29, 1.82) is 0 Å². The first-order valence-electron chi connectivity index (χ1n) is 5.59. The molecule has 1 aromatic carbocycles. The standard InChI is InChI=1S/C13H11ClN2O3/c14-10-8-15-11(16-12(10)13(17)18)6-7-19-9-4-2-1-3-5-9/h1-5,8H,6-7H2,(H,17,18). The molecule has 1 heterocycles. The van der Waals surface area contributed by atoms with Crippen molar-refractivity contribution in [2.24, 2.45) is 0 Å². The summed E-state index contributed by atoms with van der Waals surface area (Å²) in [5.74, 6) is -0.0368. The number of hydrogen-bond donors (Lipinski definition) is 1. The van der Waals surface area contributed by atoms with Crippen LogP contribution < -0.4 is 4.74 Å². The van der Waals surface area contributed by atoms with Crippen molar-refractivity contribution < 1.29 is 14.6 Å². The summed E-state index contributed by atoms with van der Waals surface area (Å²) in [6.45, 7) is 0.366. The average molecular weight is 279 g/mol. The van der Waals surface area contributed by atoms with Crippen LogP contribution in [0.25, 0.3) is 0 Å². The molecule has 0 saturated heterocycles. The highest BCUT2D eigenvalue weighted by Gasteiger charge is 2.12. The molecule has 6 heteroatoms. The van der Waals surface area contributed by atoms with Gasteiger partial charge in [0.05, 0.1) is 17.8 Å². The maximum atomic E-state index is 10.9. The third-order valence-electron chi connectivity index (χ3n) is 2.33. The van der Waals surface area contributed by atoms with Crippen molar-refractivity contribution >= 4 is 17.6 Å². The van der Waals surface area contributed by atoms with Crippen molar-refractivity contribution in [2.75, 3.05) is 6.61 Å². The number of carboxylic acids is 1. The van der Waals surface area contributed by atoms with E-state index in [-0.39, 0.29) is 10.7 Å². The number of carbonyl (C=O) groups is 1. The SMILES string of the molecule is O=C(O)c1nc(CCOc2ccccc2)ncc1Cl. The van der Waals surface area contributed by atoms with E-state index in [2.05, 4.69) is 9.97 Å². The number of hydrogen-bond acceptors (Lipinski definition) is 4. The van der Waals surface area contributed by atoms with Crippen LogP contribution in [-0.4, -0.2) is 27.7 Å². The Morgan fingerprint density at radius 1 is 1.32 bits per heavy atom. The quantitative estimate of drug-likeness (QED) is 0.909. The molecule has 1 N–H and O–H groups in total. The molecule has 19 heavy (non-hydrogen) atoms. The second kappa shape index (κ2) is 6.15. The number of ether oxygens (including phenoxy) is 1. The fourth-order valence-electron chi connectivity index (χ4n) is 1.45. The lowest BCUT2D eigenvalue weighted by Gasteiger charge is -2.05. The maximum absolute atomic E-state index is 10.9. The number of aromatic nitrogens is 2. The van der Waals surface area contributed by atoms with E-state index in [4.69, 9.17) is 21.4 Å². The van der Waals surface area contributed by atoms with Gasteiger partial charge in [-0.15, -0.1) is 0 Å². The van der Waals surface area contributed by atoms with Crippen LogP contribution in [0, 0.1) is 0 Å². The molecule has 5 nitrogen and oxygen atoms in total. The molecule has 1 aromatic heterocycles. The Morgan fingerprint density at radius 3 is 2.74 bits per heavy atom. The van der Waals surface area contributed by atoms with Gasteiger partial charge in [0.2, 0.25) is 0 Å². The number of para-hydroxylation sites is 1. The zero-order chi connectivity index (χ0) is 13.7. The highest BCUT2D eigenvalue weighted by atomic mass is 35.5. The van der Waals surface area contributed by atoms with E-state index in [9.17, 15) is 4.79 Å². The largest absolute Gasteiger partial charge is 0.493 e. The van der Waals surface area contributed by atoms with Gasteiger partial charge in [-0.05, 0) is 12.1 Å². The van der Waals surface area contributed by atoms with Crippen molar-refractivity contribution in [3.05, 3.63) is 53.1 Å². The topological polar surface area (TPSA) is 72.3 Å². The maximum Gasteiger partial charge on any atom is 0.356 e. The summed E-state index contributed by atoms with van der Waals surface area (Å²) in [5.41, 5.74) is -0.189. The molecular formula is C13H11ClN2O3. The van der Waals surface area contributed by atoms with Gasteiger partial charge in [-0.2, -0.15) is 0 Å². The third-order valence-corrected chi connectivity index (χ3v) is 2.61. The lowest BCUT2D eigenvalue weighted by Crippen LogP contribution is -2.09. The molecule has 98 valence electrons. The van der Waals surface area contributed by atoms with Crippen LogP contribution in [-0.2, 0) is 6.42 Å².